The maximum atomic E-state index is 14.1. The van der Waals surface area contributed by atoms with Gasteiger partial charge in [0.15, 0.2) is 0 Å². The lowest BCUT2D eigenvalue weighted by molar-refractivity contribution is 0.102. The fourth-order valence-corrected chi connectivity index (χ4v) is 5.73. The van der Waals surface area contributed by atoms with Gasteiger partial charge < -0.3 is 14.6 Å². The number of ether oxygens (including phenoxy) is 1. The average Bonchev–Trinajstić information content (AvgIpc) is 3.36. The molecule has 3 heterocycles. The van der Waals surface area contributed by atoms with Crippen molar-refractivity contribution >= 4 is 17.2 Å². The molecule has 5 aromatic rings. The molecule has 192 valence electrons. The van der Waals surface area contributed by atoms with Crippen molar-refractivity contribution in [2.45, 2.75) is 46.1 Å². The molecule has 38 heavy (non-hydrogen) atoms. The summed E-state index contributed by atoms with van der Waals surface area (Å²) in [4.78, 5) is 14.1. The van der Waals surface area contributed by atoms with E-state index in [0.29, 0.717) is 5.69 Å². The predicted molar refractivity (Wildman–Crippen MR) is 154 cm³/mol. The van der Waals surface area contributed by atoms with E-state index in [-0.39, 0.29) is 5.91 Å². The van der Waals surface area contributed by atoms with Crippen molar-refractivity contribution in [1.29, 1.82) is 0 Å². The Hall–Kier alpha value is -4.25. The molecule has 0 aliphatic carbocycles. The Labute approximate surface area is 223 Å². The minimum Gasteiger partial charge on any atom is -0.497 e. The molecule has 1 N–H and O–H groups in total. The van der Waals surface area contributed by atoms with E-state index in [1.54, 1.807) is 7.11 Å². The third-order valence-electron chi connectivity index (χ3n) is 7.66. The highest BCUT2D eigenvalue weighted by molar-refractivity contribution is 6.10. The number of aromatic nitrogens is 2. The lowest BCUT2D eigenvalue weighted by atomic mass is 9.96. The standard InChI is InChI=1S/C33H33N3O2/c1-4-23-11-13-25(14-12-23)30-28-10-5-6-19-35-29(24-15-17-27(38-3)18-16-24)21-36(33(28)35)31(30)32(37)34-26-9-7-8-22(2)20-26/h7-9,11-18,20-21H,4-6,10,19H2,1-3H3,(H,34,37). The Morgan fingerprint density at radius 2 is 1.74 bits per heavy atom. The van der Waals surface area contributed by atoms with Crippen LogP contribution in [-0.4, -0.2) is 22.0 Å². The lowest BCUT2D eigenvalue weighted by Crippen LogP contribution is -2.15. The van der Waals surface area contributed by atoms with Gasteiger partial charge in [0.2, 0.25) is 0 Å². The molecule has 3 aromatic carbocycles. The third kappa shape index (κ3) is 4.18. The molecule has 0 fully saturated rings. The number of carbonyl (C=O) groups is 1. The number of anilines is 1. The van der Waals surface area contributed by atoms with Crippen molar-refractivity contribution in [1.82, 2.24) is 8.97 Å². The highest BCUT2D eigenvalue weighted by Crippen LogP contribution is 2.40. The fourth-order valence-electron chi connectivity index (χ4n) is 5.73. The number of aryl methyl sites for hydroxylation is 4. The van der Waals surface area contributed by atoms with Crippen molar-refractivity contribution in [2.75, 3.05) is 12.4 Å². The van der Waals surface area contributed by atoms with Crippen LogP contribution in [0.3, 0.4) is 0 Å². The summed E-state index contributed by atoms with van der Waals surface area (Å²) in [5, 5.41) is 3.20. The van der Waals surface area contributed by atoms with Crippen molar-refractivity contribution in [3.63, 3.8) is 0 Å². The van der Waals surface area contributed by atoms with Gasteiger partial charge in [0, 0.05) is 29.6 Å². The molecule has 1 amide bonds. The van der Waals surface area contributed by atoms with Gasteiger partial charge in [-0.05, 0) is 91.3 Å². The van der Waals surface area contributed by atoms with Crippen LogP contribution in [0.15, 0.2) is 79.0 Å². The van der Waals surface area contributed by atoms with Gasteiger partial charge in [-0.2, -0.15) is 0 Å². The summed E-state index contributed by atoms with van der Waals surface area (Å²) in [6, 6.07) is 24.9. The van der Waals surface area contributed by atoms with Crippen molar-refractivity contribution in [2.24, 2.45) is 0 Å². The molecule has 0 unspecified atom stereocenters. The zero-order valence-corrected chi connectivity index (χ0v) is 22.3. The summed E-state index contributed by atoms with van der Waals surface area (Å²) in [6.07, 6.45) is 6.25. The largest absolute Gasteiger partial charge is 0.497 e. The van der Waals surface area contributed by atoms with Crippen LogP contribution in [0.25, 0.3) is 28.0 Å². The van der Waals surface area contributed by atoms with Gasteiger partial charge >= 0.3 is 0 Å². The minimum atomic E-state index is -0.0922. The summed E-state index contributed by atoms with van der Waals surface area (Å²) in [6.45, 7) is 5.12. The topological polar surface area (TPSA) is 47.7 Å². The first-order valence-electron chi connectivity index (χ1n) is 13.5. The van der Waals surface area contributed by atoms with Gasteiger partial charge in [-0.1, -0.05) is 43.3 Å². The SMILES string of the molecule is CCc1ccc(-c2c3c4n(c(-c5ccc(OC)cc5)cn4c2C(=O)Nc2cccc(C)c2)CCCC3)cc1. The average molecular weight is 504 g/mol. The van der Waals surface area contributed by atoms with Crippen LogP contribution in [0.1, 0.15) is 46.9 Å². The second kappa shape index (κ2) is 9.90. The lowest BCUT2D eigenvalue weighted by Gasteiger charge is -2.11. The molecule has 0 saturated carbocycles. The monoisotopic (exact) mass is 503 g/mol. The van der Waals surface area contributed by atoms with Gasteiger partial charge in [0.05, 0.1) is 12.8 Å². The maximum absolute atomic E-state index is 14.1. The molecule has 5 heteroatoms. The molecule has 0 bridgehead atoms. The van der Waals surface area contributed by atoms with Crippen molar-refractivity contribution in [3.05, 3.63) is 101 Å². The first-order chi connectivity index (χ1) is 18.6. The molecule has 5 nitrogen and oxygen atoms in total. The second-order valence-corrected chi connectivity index (χ2v) is 10.1. The molecular formula is C33H33N3O2. The van der Waals surface area contributed by atoms with E-state index in [4.69, 9.17) is 4.74 Å². The predicted octanol–water partition coefficient (Wildman–Crippen LogP) is 7.54. The molecule has 6 rings (SSSR count). The van der Waals surface area contributed by atoms with Crippen LogP contribution in [0, 0.1) is 6.92 Å². The van der Waals surface area contributed by atoms with Crippen LogP contribution >= 0.6 is 0 Å². The van der Waals surface area contributed by atoms with Crippen molar-refractivity contribution < 1.29 is 9.53 Å². The van der Waals surface area contributed by atoms with Gasteiger partial charge in [0.25, 0.3) is 5.91 Å². The van der Waals surface area contributed by atoms with Crippen LogP contribution in [0.2, 0.25) is 0 Å². The van der Waals surface area contributed by atoms with Gasteiger partial charge in [0.1, 0.15) is 17.1 Å². The number of methoxy groups -OCH3 is 1. The molecule has 0 radical (unpaired) electrons. The maximum Gasteiger partial charge on any atom is 0.273 e. The van der Waals surface area contributed by atoms with Crippen molar-refractivity contribution in [3.8, 4) is 28.1 Å². The number of imidazole rings is 1. The zero-order valence-electron chi connectivity index (χ0n) is 22.3. The number of amides is 1. The Morgan fingerprint density at radius 3 is 2.45 bits per heavy atom. The third-order valence-corrected chi connectivity index (χ3v) is 7.66. The van der Waals surface area contributed by atoms with E-state index in [0.717, 1.165) is 77.3 Å². The first-order valence-corrected chi connectivity index (χ1v) is 13.5. The Balaban J connectivity index is 1.58. The van der Waals surface area contributed by atoms with Gasteiger partial charge in [-0.15, -0.1) is 0 Å². The Bertz CT molecular complexity index is 1620. The smallest absolute Gasteiger partial charge is 0.273 e. The van der Waals surface area contributed by atoms with Crippen LogP contribution < -0.4 is 10.1 Å². The fraction of sp³-hybridized carbons (Fsp3) is 0.242. The number of nitrogens with one attached hydrogen (secondary N) is 1. The number of nitrogens with zero attached hydrogens (tertiary/aromatic N) is 2. The van der Waals surface area contributed by atoms with E-state index >= 15 is 0 Å². The van der Waals surface area contributed by atoms with Crippen LogP contribution in [0.5, 0.6) is 5.75 Å². The van der Waals surface area contributed by atoms with E-state index in [1.807, 2.05) is 43.3 Å². The number of rotatable bonds is 6. The van der Waals surface area contributed by atoms with E-state index in [9.17, 15) is 4.79 Å². The summed E-state index contributed by atoms with van der Waals surface area (Å²) >= 11 is 0. The molecule has 1 aliphatic heterocycles. The van der Waals surface area contributed by atoms with Crippen LogP contribution in [-0.2, 0) is 19.4 Å². The summed E-state index contributed by atoms with van der Waals surface area (Å²) in [7, 11) is 1.68. The van der Waals surface area contributed by atoms with Gasteiger partial charge in [-0.3, -0.25) is 9.20 Å². The molecule has 1 aliphatic rings. The quantitative estimate of drug-likeness (QED) is 0.260. The number of benzene rings is 3. The molecular weight excluding hydrogens is 470 g/mol. The number of hydrogen-bond donors (Lipinski definition) is 1. The normalized spacial score (nSPS) is 12.9. The molecule has 2 aromatic heterocycles. The zero-order chi connectivity index (χ0) is 26.2. The Kier molecular flexibility index (Phi) is 6.28. The minimum absolute atomic E-state index is 0.0922. The van der Waals surface area contributed by atoms with E-state index in [1.165, 1.54) is 11.1 Å². The summed E-state index contributed by atoms with van der Waals surface area (Å²) in [5.41, 5.74) is 10.6. The second-order valence-electron chi connectivity index (χ2n) is 10.1. The summed E-state index contributed by atoms with van der Waals surface area (Å²) in [5.74, 6) is 0.741. The highest BCUT2D eigenvalue weighted by atomic mass is 16.5. The highest BCUT2D eigenvalue weighted by Gasteiger charge is 2.29. The summed E-state index contributed by atoms with van der Waals surface area (Å²) < 4.78 is 9.92. The first kappa shape index (κ1) is 24.1. The number of carbonyl (C=O) groups excluding carboxylic acids is 1. The molecule has 0 atom stereocenters. The van der Waals surface area contributed by atoms with E-state index < -0.39 is 0 Å². The number of hydrogen-bond acceptors (Lipinski definition) is 2. The van der Waals surface area contributed by atoms with Gasteiger partial charge in [-0.25, -0.2) is 0 Å². The Morgan fingerprint density at radius 1 is 0.974 bits per heavy atom. The van der Waals surface area contributed by atoms with Crippen LogP contribution in [0.4, 0.5) is 5.69 Å². The van der Waals surface area contributed by atoms with E-state index in [2.05, 4.69) is 63.8 Å². The molecule has 0 spiro atoms. The molecule has 0 saturated heterocycles.